The van der Waals surface area contributed by atoms with Crippen molar-refractivity contribution in [3.63, 3.8) is 0 Å². The standard InChI is InChI=1S/C17H18BrNO2/c1-21-17-8-7-14(18)9-13(17)10-16(20)15(11-19)12-5-3-2-4-6-12/h2-9,15H,10-11,19H2,1H3. The number of carbonyl (C=O) groups is 1. The lowest BCUT2D eigenvalue weighted by Gasteiger charge is -2.15. The van der Waals surface area contributed by atoms with E-state index in [1.807, 2.05) is 48.5 Å². The van der Waals surface area contributed by atoms with Crippen LogP contribution in [0.4, 0.5) is 0 Å². The molecule has 1 unspecified atom stereocenters. The molecule has 2 aromatic rings. The van der Waals surface area contributed by atoms with Crippen molar-refractivity contribution in [1.82, 2.24) is 0 Å². The van der Waals surface area contributed by atoms with Crippen LogP contribution in [-0.4, -0.2) is 19.4 Å². The molecule has 0 aliphatic carbocycles. The van der Waals surface area contributed by atoms with Crippen molar-refractivity contribution < 1.29 is 9.53 Å². The van der Waals surface area contributed by atoms with E-state index in [9.17, 15) is 4.79 Å². The maximum Gasteiger partial charge on any atom is 0.146 e. The van der Waals surface area contributed by atoms with Gasteiger partial charge in [-0.1, -0.05) is 46.3 Å². The van der Waals surface area contributed by atoms with Gasteiger partial charge in [0.25, 0.3) is 0 Å². The predicted octanol–water partition coefficient (Wildman–Crippen LogP) is 3.31. The molecular formula is C17H18BrNO2. The molecule has 0 radical (unpaired) electrons. The number of rotatable bonds is 6. The van der Waals surface area contributed by atoms with E-state index in [4.69, 9.17) is 10.5 Å². The minimum absolute atomic E-state index is 0.0973. The van der Waals surface area contributed by atoms with Crippen LogP contribution in [0.2, 0.25) is 0 Å². The first kappa shape index (κ1) is 15.7. The molecule has 0 spiro atoms. The Balaban J connectivity index is 2.22. The Bertz CT molecular complexity index is 613. The van der Waals surface area contributed by atoms with Crippen LogP contribution >= 0.6 is 15.9 Å². The minimum Gasteiger partial charge on any atom is -0.496 e. The van der Waals surface area contributed by atoms with E-state index in [0.717, 1.165) is 21.3 Å². The highest BCUT2D eigenvalue weighted by molar-refractivity contribution is 9.10. The Hall–Kier alpha value is -1.65. The van der Waals surface area contributed by atoms with E-state index in [1.54, 1.807) is 7.11 Å². The second-order valence-electron chi connectivity index (χ2n) is 4.80. The highest BCUT2D eigenvalue weighted by Gasteiger charge is 2.20. The molecule has 0 bridgehead atoms. The molecule has 0 fully saturated rings. The van der Waals surface area contributed by atoms with Crippen molar-refractivity contribution in [3.8, 4) is 5.75 Å². The first-order valence-electron chi connectivity index (χ1n) is 6.76. The van der Waals surface area contributed by atoms with E-state index in [0.29, 0.717) is 13.0 Å². The first-order valence-corrected chi connectivity index (χ1v) is 7.55. The van der Waals surface area contributed by atoms with Gasteiger partial charge < -0.3 is 10.5 Å². The van der Waals surface area contributed by atoms with Gasteiger partial charge >= 0.3 is 0 Å². The minimum atomic E-state index is -0.283. The third kappa shape index (κ3) is 3.93. The van der Waals surface area contributed by atoms with Gasteiger partial charge in [0, 0.05) is 23.0 Å². The average Bonchev–Trinajstić information content (AvgIpc) is 2.49. The molecule has 3 nitrogen and oxygen atoms in total. The zero-order chi connectivity index (χ0) is 15.2. The number of methoxy groups -OCH3 is 1. The summed E-state index contributed by atoms with van der Waals surface area (Å²) >= 11 is 3.42. The summed E-state index contributed by atoms with van der Waals surface area (Å²) in [6, 6.07) is 15.3. The number of nitrogens with two attached hydrogens (primary N) is 1. The molecule has 0 heterocycles. The molecule has 110 valence electrons. The third-order valence-electron chi connectivity index (χ3n) is 3.43. The molecule has 2 aromatic carbocycles. The molecule has 2 rings (SSSR count). The van der Waals surface area contributed by atoms with Crippen LogP contribution in [0.15, 0.2) is 53.0 Å². The lowest BCUT2D eigenvalue weighted by atomic mass is 9.91. The number of Topliss-reactive ketones (excluding diaryl/α,β-unsaturated/α-hetero) is 1. The third-order valence-corrected chi connectivity index (χ3v) is 3.93. The van der Waals surface area contributed by atoms with Gasteiger partial charge in [-0.3, -0.25) is 4.79 Å². The van der Waals surface area contributed by atoms with E-state index in [-0.39, 0.29) is 11.7 Å². The van der Waals surface area contributed by atoms with Crippen LogP contribution in [0.25, 0.3) is 0 Å². The molecule has 21 heavy (non-hydrogen) atoms. The average molecular weight is 348 g/mol. The molecule has 0 amide bonds. The van der Waals surface area contributed by atoms with Crippen molar-refractivity contribution in [1.29, 1.82) is 0 Å². The van der Waals surface area contributed by atoms with Gasteiger partial charge in [-0.25, -0.2) is 0 Å². The highest BCUT2D eigenvalue weighted by atomic mass is 79.9. The van der Waals surface area contributed by atoms with Crippen LogP contribution in [0.5, 0.6) is 5.75 Å². The van der Waals surface area contributed by atoms with Gasteiger partial charge in [0.1, 0.15) is 11.5 Å². The Morgan fingerprint density at radius 3 is 2.57 bits per heavy atom. The summed E-state index contributed by atoms with van der Waals surface area (Å²) < 4.78 is 6.24. The number of ether oxygens (including phenoxy) is 1. The highest BCUT2D eigenvalue weighted by Crippen LogP contribution is 2.26. The monoisotopic (exact) mass is 347 g/mol. The Morgan fingerprint density at radius 2 is 1.95 bits per heavy atom. The quantitative estimate of drug-likeness (QED) is 0.871. The number of ketones is 1. The normalized spacial score (nSPS) is 12.0. The second-order valence-corrected chi connectivity index (χ2v) is 5.71. The van der Waals surface area contributed by atoms with E-state index in [1.165, 1.54) is 0 Å². The van der Waals surface area contributed by atoms with Gasteiger partial charge in [0.05, 0.1) is 13.0 Å². The Kier molecular flexibility index (Phi) is 5.53. The molecule has 1 atom stereocenters. The van der Waals surface area contributed by atoms with Crippen LogP contribution < -0.4 is 10.5 Å². The zero-order valence-corrected chi connectivity index (χ0v) is 13.5. The van der Waals surface area contributed by atoms with Crippen molar-refractivity contribution in [2.45, 2.75) is 12.3 Å². The van der Waals surface area contributed by atoms with Gasteiger partial charge in [-0.05, 0) is 23.8 Å². The zero-order valence-electron chi connectivity index (χ0n) is 11.9. The maximum absolute atomic E-state index is 12.6. The van der Waals surface area contributed by atoms with Crippen LogP contribution in [0.3, 0.4) is 0 Å². The van der Waals surface area contributed by atoms with Crippen LogP contribution in [0, 0.1) is 0 Å². The van der Waals surface area contributed by atoms with Crippen LogP contribution in [0.1, 0.15) is 17.0 Å². The molecule has 0 aromatic heterocycles. The molecule has 0 saturated heterocycles. The molecule has 0 aliphatic heterocycles. The summed E-state index contributed by atoms with van der Waals surface area (Å²) in [4.78, 5) is 12.6. The second kappa shape index (κ2) is 7.38. The SMILES string of the molecule is COc1ccc(Br)cc1CC(=O)C(CN)c1ccccc1. The van der Waals surface area contributed by atoms with Crippen LogP contribution in [-0.2, 0) is 11.2 Å². The van der Waals surface area contributed by atoms with E-state index < -0.39 is 0 Å². The number of hydrogen-bond acceptors (Lipinski definition) is 3. The fourth-order valence-corrected chi connectivity index (χ4v) is 2.74. The fraction of sp³-hybridized carbons (Fsp3) is 0.235. The fourth-order valence-electron chi connectivity index (χ4n) is 2.33. The summed E-state index contributed by atoms with van der Waals surface area (Å²) in [5.41, 5.74) is 7.62. The lowest BCUT2D eigenvalue weighted by molar-refractivity contribution is -0.119. The molecular weight excluding hydrogens is 330 g/mol. The maximum atomic E-state index is 12.6. The largest absolute Gasteiger partial charge is 0.496 e. The Labute approximate surface area is 133 Å². The summed E-state index contributed by atoms with van der Waals surface area (Å²) in [6.45, 7) is 0.305. The van der Waals surface area contributed by atoms with E-state index >= 15 is 0 Å². The summed E-state index contributed by atoms with van der Waals surface area (Å²) in [6.07, 6.45) is 0.305. The van der Waals surface area contributed by atoms with Crippen molar-refractivity contribution in [2.24, 2.45) is 5.73 Å². The molecule has 0 saturated carbocycles. The first-order chi connectivity index (χ1) is 10.2. The number of carbonyl (C=O) groups excluding carboxylic acids is 1. The molecule has 2 N–H and O–H groups in total. The lowest BCUT2D eigenvalue weighted by Crippen LogP contribution is -2.23. The van der Waals surface area contributed by atoms with Gasteiger partial charge in [-0.2, -0.15) is 0 Å². The molecule has 4 heteroatoms. The van der Waals surface area contributed by atoms with Crippen molar-refractivity contribution in [3.05, 3.63) is 64.1 Å². The van der Waals surface area contributed by atoms with Gasteiger partial charge in [0.15, 0.2) is 0 Å². The number of hydrogen-bond donors (Lipinski definition) is 1. The Morgan fingerprint density at radius 1 is 1.24 bits per heavy atom. The molecule has 0 aliphatic rings. The topological polar surface area (TPSA) is 52.3 Å². The number of benzene rings is 2. The summed E-state index contributed by atoms with van der Waals surface area (Å²) in [7, 11) is 1.61. The number of halogens is 1. The van der Waals surface area contributed by atoms with E-state index in [2.05, 4.69) is 15.9 Å². The van der Waals surface area contributed by atoms with Crippen molar-refractivity contribution >= 4 is 21.7 Å². The summed E-state index contributed by atoms with van der Waals surface area (Å²) in [5, 5.41) is 0. The predicted molar refractivity (Wildman–Crippen MR) is 87.6 cm³/mol. The summed E-state index contributed by atoms with van der Waals surface area (Å²) in [5.74, 6) is 0.533. The van der Waals surface area contributed by atoms with Gasteiger partial charge in [-0.15, -0.1) is 0 Å². The van der Waals surface area contributed by atoms with Crippen molar-refractivity contribution in [2.75, 3.05) is 13.7 Å². The van der Waals surface area contributed by atoms with Gasteiger partial charge in [0.2, 0.25) is 0 Å². The smallest absolute Gasteiger partial charge is 0.146 e.